The van der Waals surface area contributed by atoms with Crippen LogP contribution in [0.25, 0.3) is 0 Å². The highest BCUT2D eigenvalue weighted by Crippen LogP contribution is 2.34. The van der Waals surface area contributed by atoms with Gasteiger partial charge in [-0.1, -0.05) is 0 Å². The van der Waals surface area contributed by atoms with E-state index in [2.05, 4.69) is 6.07 Å². The Labute approximate surface area is 66.0 Å². The Morgan fingerprint density at radius 2 is 2.45 bits per heavy atom. The normalized spacial score (nSPS) is 28.4. The zero-order valence-corrected chi connectivity index (χ0v) is 6.54. The Morgan fingerprint density at radius 3 is 2.82 bits per heavy atom. The highest BCUT2D eigenvalue weighted by molar-refractivity contribution is 5.74. The first-order valence-electron chi connectivity index (χ1n) is 3.85. The molecule has 0 spiro atoms. The summed E-state index contributed by atoms with van der Waals surface area (Å²) in [6, 6.07) is 2.09. The largest absolute Gasteiger partial charge is 0.466 e. The standard InChI is InChI=1S/C8H11NO2/c1-2-11-8(10)7-4-3-6(7)5-9/h6-7H,2-4H2,1H3/t6-,7+/m0/s1. The minimum absolute atomic E-state index is 0.0888. The van der Waals surface area contributed by atoms with Gasteiger partial charge in [0.1, 0.15) is 0 Å². The van der Waals surface area contributed by atoms with Crippen molar-refractivity contribution in [1.82, 2.24) is 0 Å². The van der Waals surface area contributed by atoms with Crippen LogP contribution in [0, 0.1) is 23.2 Å². The molecule has 0 aliphatic heterocycles. The second-order valence-corrected chi connectivity index (χ2v) is 2.67. The molecule has 0 aromatic carbocycles. The van der Waals surface area contributed by atoms with E-state index in [1.807, 2.05) is 0 Å². The average Bonchev–Trinajstić information content (AvgIpc) is 1.86. The summed E-state index contributed by atoms with van der Waals surface area (Å²) in [6.07, 6.45) is 1.66. The van der Waals surface area contributed by atoms with E-state index < -0.39 is 0 Å². The van der Waals surface area contributed by atoms with Gasteiger partial charge >= 0.3 is 5.97 Å². The topological polar surface area (TPSA) is 50.1 Å². The summed E-state index contributed by atoms with van der Waals surface area (Å²) in [4.78, 5) is 11.0. The molecule has 0 radical (unpaired) electrons. The van der Waals surface area contributed by atoms with Crippen molar-refractivity contribution in [3.8, 4) is 6.07 Å². The summed E-state index contributed by atoms with van der Waals surface area (Å²) in [5.41, 5.74) is 0. The van der Waals surface area contributed by atoms with Gasteiger partial charge < -0.3 is 4.74 Å². The Morgan fingerprint density at radius 1 is 1.73 bits per heavy atom. The first kappa shape index (κ1) is 8.06. The van der Waals surface area contributed by atoms with Crippen molar-refractivity contribution >= 4 is 5.97 Å². The third kappa shape index (κ3) is 1.51. The highest BCUT2D eigenvalue weighted by Gasteiger charge is 2.37. The van der Waals surface area contributed by atoms with E-state index in [1.54, 1.807) is 6.92 Å². The lowest BCUT2D eigenvalue weighted by atomic mass is 9.75. The molecule has 60 valence electrons. The van der Waals surface area contributed by atoms with Gasteiger partial charge in [0.15, 0.2) is 0 Å². The van der Waals surface area contributed by atoms with Gasteiger partial charge in [0, 0.05) is 0 Å². The van der Waals surface area contributed by atoms with Gasteiger partial charge in [-0.25, -0.2) is 0 Å². The molecule has 0 amide bonds. The maximum absolute atomic E-state index is 11.0. The first-order valence-corrected chi connectivity index (χ1v) is 3.85. The molecule has 0 N–H and O–H groups in total. The van der Waals surface area contributed by atoms with Gasteiger partial charge in [-0.15, -0.1) is 0 Å². The molecule has 1 aliphatic carbocycles. The number of ether oxygens (including phenoxy) is 1. The maximum atomic E-state index is 11.0. The van der Waals surface area contributed by atoms with Gasteiger partial charge in [0.05, 0.1) is 24.5 Å². The van der Waals surface area contributed by atoms with Crippen molar-refractivity contribution in [2.24, 2.45) is 11.8 Å². The lowest BCUT2D eigenvalue weighted by molar-refractivity contribution is -0.152. The summed E-state index contributed by atoms with van der Waals surface area (Å²) in [6.45, 7) is 2.19. The number of nitrogens with zero attached hydrogens (tertiary/aromatic N) is 1. The number of nitriles is 1. The number of rotatable bonds is 2. The lowest BCUT2D eigenvalue weighted by Crippen LogP contribution is -2.33. The fourth-order valence-corrected chi connectivity index (χ4v) is 1.19. The highest BCUT2D eigenvalue weighted by atomic mass is 16.5. The van der Waals surface area contributed by atoms with Crippen molar-refractivity contribution < 1.29 is 9.53 Å². The molecule has 1 fully saturated rings. The van der Waals surface area contributed by atoms with Crippen LogP contribution in [0.2, 0.25) is 0 Å². The van der Waals surface area contributed by atoms with E-state index in [0.717, 1.165) is 12.8 Å². The van der Waals surface area contributed by atoms with Gasteiger partial charge in [0.2, 0.25) is 0 Å². The lowest BCUT2D eigenvalue weighted by Gasteiger charge is -2.28. The van der Waals surface area contributed by atoms with E-state index in [-0.39, 0.29) is 17.8 Å². The van der Waals surface area contributed by atoms with Gasteiger partial charge in [-0.2, -0.15) is 5.26 Å². The van der Waals surface area contributed by atoms with E-state index in [1.165, 1.54) is 0 Å². The van der Waals surface area contributed by atoms with E-state index >= 15 is 0 Å². The van der Waals surface area contributed by atoms with Crippen molar-refractivity contribution in [1.29, 1.82) is 5.26 Å². The van der Waals surface area contributed by atoms with E-state index in [9.17, 15) is 4.79 Å². The summed E-state index contributed by atoms with van der Waals surface area (Å²) in [5.74, 6) is -0.431. The maximum Gasteiger partial charge on any atom is 0.310 e. The number of hydrogen-bond acceptors (Lipinski definition) is 3. The number of esters is 1. The summed E-state index contributed by atoms with van der Waals surface area (Å²) < 4.78 is 4.79. The third-order valence-corrected chi connectivity index (χ3v) is 2.03. The summed E-state index contributed by atoms with van der Waals surface area (Å²) in [5, 5.41) is 8.52. The van der Waals surface area contributed by atoms with Crippen LogP contribution in [0.3, 0.4) is 0 Å². The van der Waals surface area contributed by atoms with Crippen molar-refractivity contribution in [3.63, 3.8) is 0 Å². The van der Waals surface area contributed by atoms with Crippen molar-refractivity contribution in [2.75, 3.05) is 6.61 Å². The molecule has 0 unspecified atom stereocenters. The molecule has 0 bridgehead atoms. The van der Waals surface area contributed by atoms with Crippen LogP contribution in [0.5, 0.6) is 0 Å². The summed E-state index contributed by atoms with van der Waals surface area (Å²) >= 11 is 0. The molecule has 1 aliphatic rings. The van der Waals surface area contributed by atoms with E-state index in [4.69, 9.17) is 10.00 Å². The molecule has 11 heavy (non-hydrogen) atoms. The molecule has 3 heteroatoms. The molecular weight excluding hydrogens is 142 g/mol. The van der Waals surface area contributed by atoms with Gasteiger partial charge in [0.25, 0.3) is 0 Å². The smallest absolute Gasteiger partial charge is 0.310 e. The average molecular weight is 153 g/mol. The monoisotopic (exact) mass is 153 g/mol. The van der Waals surface area contributed by atoms with Gasteiger partial charge in [-0.3, -0.25) is 4.79 Å². The molecule has 0 heterocycles. The van der Waals surface area contributed by atoms with Crippen LogP contribution in [-0.2, 0) is 9.53 Å². The van der Waals surface area contributed by atoms with Crippen molar-refractivity contribution in [2.45, 2.75) is 19.8 Å². The molecule has 3 nitrogen and oxygen atoms in total. The molecule has 2 atom stereocenters. The van der Waals surface area contributed by atoms with Crippen LogP contribution in [0.15, 0.2) is 0 Å². The minimum atomic E-state index is -0.203. The van der Waals surface area contributed by atoms with Crippen LogP contribution in [0.1, 0.15) is 19.8 Å². The Bertz CT molecular complexity index is 195. The molecule has 1 saturated carbocycles. The Kier molecular flexibility index (Phi) is 2.48. The number of carbonyl (C=O) groups is 1. The quantitative estimate of drug-likeness (QED) is 0.558. The predicted octanol–water partition coefficient (Wildman–Crippen LogP) is 1.10. The molecule has 1 rings (SSSR count). The molecule has 0 saturated heterocycles. The number of carbonyl (C=O) groups excluding carboxylic acids is 1. The second-order valence-electron chi connectivity index (χ2n) is 2.67. The SMILES string of the molecule is CCOC(=O)[C@@H]1CC[C@H]1C#N. The molecule has 0 aromatic heterocycles. The fourth-order valence-electron chi connectivity index (χ4n) is 1.19. The number of hydrogen-bond donors (Lipinski definition) is 0. The van der Waals surface area contributed by atoms with Crippen LogP contribution >= 0.6 is 0 Å². The van der Waals surface area contributed by atoms with Crippen LogP contribution in [0.4, 0.5) is 0 Å². The van der Waals surface area contributed by atoms with Crippen LogP contribution in [-0.4, -0.2) is 12.6 Å². The molecular formula is C8H11NO2. The Balaban J connectivity index is 2.37. The minimum Gasteiger partial charge on any atom is -0.466 e. The third-order valence-electron chi connectivity index (χ3n) is 2.03. The zero-order chi connectivity index (χ0) is 8.27. The second kappa shape index (κ2) is 3.38. The fraction of sp³-hybridized carbons (Fsp3) is 0.750. The molecule has 0 aromatic rings. The summed E-state index contributed by atoms with van der Waals surface area (Å²) in [7, 11) is 0. The predicted molar refractivity (Wildman–Crippen MR) is 38.5 cm³/mol. The van der Waals surface area contributed by atoms with Crippen LogP contribution < -0.4 is 0 Å². The zero-order valence-electron chi connectivity index (χ0n) is 6.54. The van der Waals surface area contributed by atoms with E-state index in [0.29, 0.717) is 6.61 Å². The van der Waals surface area contributed by atoms with Crippen molar-refractivity contribution in [3.05, 3.63) is 0 Å². The first-order chi connectivity index (χ1) is 5.29. The van der Waals surface area contributed by atoms with Gasteiger partial charge in [-0.05, 0) is 19.8 Å². The Hall–Kier alpha value is -1.04.